The maximum atomic E-state index is 2.44. The molecule has 0 bridgehead atoms. The molecule has 0 N–H and O–H groups in total. The first-order valence-electron chi connectivity index (χ1n) is 18.0. The van der Waals surface area contributed by atoms with Crippen molar-refractivity contribution in [2.45, 2.75) is 0 Å². The fourth-order valence-corrected chi connectivity index (χ4v) is 9.20. The van der Waals surface area contributed by atoms with Crippen molar-refractivity contribution >= 4 is 65.2 Å². The molecule has 0 saturated carbocycles. The number of nitrogens with zero attached hydrogens (tertiary/aromatic N) is 2. The molecule has 0 amide bonds. The zero-order chi connectivity index (χ0) is 33.9. The Morgan fingerprint density at radius 3 is 1.77 bits per heavy atom. The van der Waals surface area contributed by atoms with Gasteiger partial charge in [-0.25, -0.2) is 0 Å². The standard InChI is InChI=1S/C50H30N2/c1-2-15-37-31(11-1)23-25-48-50(37)42-19-6-8-22-46(42)52(48)36-24-26-47-43(30-36)40-18-5-7-21-45(40)51(47)35-14-9-12-32(28-35)34-27-33-13-10-20-41-38-16-3-4-17-39(38)44(29-34)49(33)41/h1-30H. The topological polar surface area (TPSA) is 9.86 Å². The highest BCUT2D eigenvalue weighted by molar-refractivity contribution is 6.22. The molecular weight excluding hydrogens is 629 g/mol. The number of benzene rings is 9. The summed E-state index contributed by atoms with van der Waals surface area (Å²) in [7, 11) is 0. The molecule has 11 aromatic rings. The van der Waals surface area contributed by atoms with Crippen molar-refractivity contribution in [2.75, 3.05) is 0 Å². The van der Waals surface area contributed by atoms with Crippen molar-refractivity contribution in [2.24, 2.45) is 0 Å². The highest BCUT2D eigenvalue weighted by Gasteiger charge is 2.22. The Morgan fingerprint density at radius 2 is 0.885 bits per heavy atom. The van der Waals surface area contributed by atoms with Crippen molar-refractivity contribution in [3.05, 3.63) is 182 Å². The number of hydrogen-bond donors (Lipinski definition) is 0. The third kappa shape index (κ3) is 3.73. The maximum absolute atomic E-state index is 2.44. The van der Waals surface area contributed by atoms with Gasteiger partial charge in [-0.1, -0.05) is 121 Å². The lowest BCUT2D eigenvalue weighted by Gasteiger charge is -2.13. The summed E-state index contributed by atoms with van der Waals surface area (Å²) in [6, 6.07) is 67.2. The highest BCUT2D eigenvalue weighted by atomic mass is 15.0. The lowest BCUT2D eigenvalue weighted by atomic mass is 9.96. The molecule has 1 aliphatic carbocycles. The van der Waals surface area contributed by atoms with Crippen LogP contribution in [0, 0.1) is 0 Å². The largest absolute Gasteiger partial charge is 0.309 e. The van der Waals surface area contributed by atoms with Crippen LogP contribution < -0.4 is 0 Å². The number of para-hydroxylation sites is 2. The van der Waals surface area contributed by atoms with Gasteiger partial charge in [0.25, 0.3) is 0 Å². The molecule has 0 atom stereocenters. The molecular formula is C50H30N2. The van der Waals surface area contributed by atoms with Crippen molar-refractivity contribution in [1.29, 1.82) is 0 Å². The van der Waals surface area contributed by atoms with Crippen LogP contribution in [0.4, 0.5) is 0 Å². The third-order valence-electron chi connectivity index (χ3n) is 11.4. The molecule has 2 aromatic heterocycles. The molecule has 0 unspecified atom stereocenters. The normalized spacial score (nSPS) is 12.2. The Morgan fingerprint density at radius 1 is 0.269 bits per heavy atom. The number of fused-ring (bicyclic) bond motifs is 11. The summed E-state index contributed by atoms with van der Waals surface area (Å²) in [4.78, 5) is 0. The molecule has 2 heteroatoms. The fraction of sp³-hybridized carbons (Fsp3) is 0. The van der Waals surface area contributed by atoms with Gasteiger partial charge in [-0.15, -0.1) is 0 Å². The second kappa shape index (κ2) is 10.3. The van der Waals surface area contributed by atoms with Gasteiger partial charge in [0.05, 0.1) is 22.1 Å². The smallest absolute Gasteiger partial charge is 0.0547 e. The van der Waals surface area contributed by atoms with Gasteiger partial charge < -0.3 is 9.13 Å². The molecule has 0 fully saturated rings. The van der Waals surface area contributed by atoms with Crippen LogP contribution in [-0.2, 0) is 0 Å². The summed E-state index contributed by atoms with van der Waals surface area (Å²) >= 11 is 0. The summed E-state index contributed by atoms with van der Waals surface area (Å²) in [5.74, 6) is 0. The summed E-state index contributed by atoms with van der Waals surface area (Å²) < 4.78 is 4.88. The molecule has 9 aromatic carbocycles. The highest BCUT2D eigenvalue weighted by Crippen LogP contribution is 2.49. The SMILES string of the molecule is c1cc(-c2cc3c4c(cccc4c2)-c2ccccc2-3)cc(-n2c3ccccc3c3cc(-n4c5ccccc5c5c6ccccc6ccc54)ccc32)c1. The molecule has 240 valence electrons. The molecule has 2 nitrogen and oxygen atoms in total. The zero-order valence-electron chi connectivity index (χ0n) is 28.2. The quantitative estimate of drug-likeness (QED) is 0.179. The van der Waals surface area contributed by atoms with Gasteiger partial charge in [0, 0.05) is 32.9 Å². The zero-order valence-corrected chi connectivity index (χ0v) is 28.2. The van der Waals surface area contributed by atoms with Crippen LogP contribution in [0.1, 0.15) is 0 Å². The first-order chi connectivity index (χ1) is 25.8. The van der Waals surface area contributed by atoms with Crippen LogP contribution in [0.2, 0.25) is 0 Å². The van der Waals surface area contributed by atoms with Gasteiger partial charge in [-0.3, -0.25) is 0 Å². The molecule has 52 heavy (non-hydrogen) atoms. The fourth-order valence-electron chi connectivity index (χ4n) is 9.20. The van der Waals surface area contributed by atoms with E-state index in [-0.39, 0.29) is 0 Å². The minimum Gasteiger partial charge on any atom is -0.309 e. The molecule has 2 heterocycles. The van der Waals surface area contributed by atoms with Crippen molar-refractivity contribution < 1.29 is 0 Å². The first kappa shape index (κ1) is 27.9. The monoisotopic (exact) mass is 658 g/mol. The van der Waals surface area contributed by atoms with E-state index in [0.29, 0.717) is 0 Å². The van der Waals surface area contributed by atoms with Crippen molar-refractivity contribution in [3.63, 3.8) is 0 Å². The molecule has 0 spiro atoms. The van der Waals surface area contributed by atoms with E-state index in [1.54, 1.807) is 0 Å². The van der Waals surface area contributed by atoms with Crippen LogP contribution in [0.15, 0.2) is 182 Å². The van der Waals surface area contributed by atoms with Gasteiger partial charge in [-0.2, -0.15) is 0 Å². The predicted molar refractivity (Wildman–Crippen MR) is 220 cm³/mol. The Kier molecular flexibility index (Phi) is 5.53. The average Bonchev–Trinajstić information content (AvgIpc) is 3.84. The van der Waals surface area contributed by atoms with E-state index in [2.05, 4.69) is 191 Å². The maximum Gasteiger partial charge on any atom is 0.0547 e. The Labute approximate surface area is 300 Å². The molecule has 1 aliphatic rings. The number of rotatable bonds is 3. The van der Waals surface area contributed by atoms with E-state index < -0.39 is 0 Å². The van der Waals surface area contributed by atoms with Crippen LogP contribution in [0.5, 0.6) is 0 Å². The molecule has 0 aliphatic heterocycles. The first-order valence-corrected chi connectivity index (χ1v) is 18.0. The van der Waals surface area contributed by atoms with Crippen LogP contribution in [0.25, 0.3) is 110 Å². The Bertz CT molecular complexity index is 3300. The Balaban J connectivity index is 1.06. The summed E-state index contributed by atoms with van der Waals surface area (Å²) in [5, 5.41) is 10.3. The van der Waals surface area contributed by atoms with Crippen LogP contribution in [0.3, 0.4) is 0 Å². The van der Waals surface area contributed by atoms with E-state index in [9.17, 15) is 0 Å². The second-order valence-electron chi connectivity index (χ2n) is 14.1. The van der Waals surface area contributed by atoms with Crippen molar-refractivity contribution in [1.82, 2.24) is 9.13 Å². The number of aromatic nitrogens is 2. The average molecular weight is 659 g/mol. The van der Waals surface area contributed by atoms with Crippen LogP contribution >= 0.6 is 0 Å². The van der Waals surface area contributed by atoms with Crippen LogP contribution in [-0.4, -0.2) is 9.13 Å². The second-order valence-corrected chi connectivity index (χ2v) is 14.1. The molecule has 0 saturated heterocycles. The van der Waals surface area contributed by atoms with Gasteiger partial charge in [-0.05, 0) is 116 Å². The van der Waals surface area contributed by atoms with Crippen molar-refractivity contribution in [3.8, 4) is 44.8 Å². The Hall–Kier alpha value is -6.90. The third-order valence-corrected chi connectivity index (χ3v) is 11.4. The number of hydrogen-bond acceptors (Lipinski definition) is 0. The molecule has 12 rings (SSSR count). The molecule has 0 radical (unpaired) electrons. The lowest BCUT2D eigenvalue weighted by Crippen LogP contribution is -1.96. The van der Waals surface area contributed by atoms with E-state index in [4.69, 9.17) is 0 Å². The van der Waals surface area contributed by atoms with E-state index >= 15 is 0 Å². The van der Waals surface area contributed by atoms with Gasteiger partial charge >= 0.3 is 0 Å². The van der Waals surface area contributed by atoms with Gasteiger partial charge in [0.15, 0.2) is 0 Å². The lowest BCUT2D eigenvalue weighted by molar-refractivity contribution is 1.17. The minimum absolute atomic E-state index is 1.16. The predicted octanol–water partition coefficient (Wildman–Crippen LogP) is 13.5. The summed E-state index contributed by atoms with van der Waals surface area (Å²) in [6.45, 7) is 0. The van der Waals surface area contributed by atoms with Gasteiger partial charge in [0.1, 0.15) is 0 Å². The van der Waals surface area contributed by atoms with Gasteiger partial charge in [0.2, 0.25) is 0 Å². The van der Waals surface area contributed by atoms with E-state index in [1.165, 1.54) is 104 Å². The summed E-state index contributed by atoms with van der Waals surface area (Å²) in [5.41, 5.74) is 14.9. The summed E-state index contributed by atoms with van der Waals surface area (Å²) in [6.07, 6.45) is 0. The van der Waals surface area contributed by atoms with E-state index in [1.807, 2.05) is 0 Å². The minimum atomic E-state index is 1.16. The van der Waals surface area contributed by atoms with E-state index in [0.717, 1.165) is 5.69 Å².